The molecule has 0 unspecified atom stereocenters. The Hall–Kier alpha value is -0.170. The zero-order valence-electron chi connectivity index (χ0n) is 10.4. The van der Waals surface area contributed by atoms with Gasteiger partial charge in [0, 0.05) is 25.7 Å². The van der Waals surface area contributed by atoms with Crippen molar-refractivity contribution in [3.05, 3.63) is 0 Å². The van der Waals surface area contributed by atoms with Gasteiger partial charge in [-0.3, -0.25) is 0 Å². The fourth-order valence-corrected chi connectivity index (χ4v) is 3.28. The van der Waals surface area contributed by atoms with Crippen molar-refractivity contribution in [2.45, 2.75) is 32.1 Å². The monoisotopic (exact) mass is 265 g/mol. The summed E-state index contributed by atoms with van der Waals surface area (Å²) in [5.41, 5.74) is -0.252. The molecule has 1 fully saturated rings. The lowest BCUT2D eigenvalue weighted by atomic mass is 9.75. The first-order valence-electron chi connectivity index (χ1n) is 6.11. The van der Waals surface area contributed by atoms with Gasteiger partial charge in [0.05, 0.1) is 12.4 Å². The van der Waals surface area contributed by atoms with Crippen molar-refractivity contribution in [3.63, 3.8) is 0 Å². The van der Waals surface area contributed by atoms with Gasteiger partial charge in [0.15, 0.2) is 0 Å². The Kier molecular flexibility index (Phi) is 5.85. The van der Waals surface area contributed by atoms with Crippen LogP contribution in [0.5, 0.6) is 0 Å². The first-order chi connectivity index (χ1) is 8.04. The molecule has 0 radical (unpaired) electrons. The Balaban J connectivity index is 2.46. The van der Waals surface area contributed by atoms with E-state index in [1.807, 2.05) is 0 Å². The first-order valence-corrected chi connectivity index (χ1v) is 7.76. The summed E-state index contributed by atoms with van der Waals surface area (Å²) in [6.45, 7) is 0.594. The van der Waals surface area contributed by atoms with Crippen LogP contribution in [0.2, 0.25) is 0 Å². The van der Waals surface area contributed by atoms with E-state index in [1.165, 1.54) is 13.5 Å². The molecule has 1 saturated carbocycles. The van der Waals surface area contributed by atoms with Gasteiger partial charge >= 0.3 is 0 Å². The molecule has 17 heavy (non-hydrogen) atoms. The van der Waals surface area contributed by atoms with Gasteiger partial charge in [-0.1, -0.05) is 19.3 Å². The molecule has 0 saturated heterocycles. The summed E-state index contributed by atoms with van der Waals surface area (Å²) in [5, 5.41) is 9.45. The van der Waals surface area contributed by atoms with Crippen molar-refractivity contribution in [2.75, 3.05) is 32.6 Å². The minimum absolute atomic E-state index is 0.0228. The predicted molar refractivity (Wildman–Crippen MR) is 66.3 cm³/mol. The highest BCUT2D eigenvalue weighted by Crippen LogP contribution is 2.35. The number of aliphatic hydroxyl groups excluding tert-OH is 1. The molecule has 1 rings (SSSR count). The van der Waals surface area contributed by atoms with Crippen LogP contribution in [-0.4, -0.2) is 46.1 Å². The lowest BCUT2D eigenvalue weighted by molar-refractivity contribution is 0.0867. The maximum absolute atomic E-state index is 11.6. The molecule has 0 aromatic heterocycles. The van der Waals surface area contributed by atoms with Crippen LogP contribution in [0.4, 0.5) is 0 Å². The summed E-state index contributed by atoms with van der Waals surface area (Å²) < 4.78 is 30.6. The van der Waals surface area contributed by atoms with Crippen molar-refractivity contribution in [1.82, 2.24) is 4.72 Å². The minimum atomic E-state index is -3.28. The summed E-state index contributed by atoms with van der Waals surface area (Å²) >= 11 is 0. The minimum Gasteiger partial charge on any atom is -0.396 e. The van der Waals surface area contributed by atoms with E-state index in [0.717, 1.165) is 25.7 Å². The Labute approximate surface area is 104 Å². The number of hydrogen-bond donors (Lipinski definition) is 2. The van der Waals surface area contributed by atoms with Crippen molar-refractivity contribution >= 4 is 10.0 Å². The lowest BCUT2D eigenvalue weighted by Crippen LogP contribution is -2.42. The van der Waals surface area contributed by atoms with Crippen LogP contribution in [0.25, 0.3) is 0 Å². The largest absolute Gasteiger partial charge is 0.396 e. The number of nitrogens with one attached hydrogen (secondary N) is 1. The second kappa shape index (κ2) is 6.68. The van der Waals surface area contributed by atoms with Crippen LogP contribution < -0.4 is 4.72 Å². The fraction of sp³-hybridized carbons (Fsp3) is 1.00. The average Bonchev–Trinajstić information content (AvgIpc) is 2.35. The van der Waals surface area contributed by atoms with E-state index in [4.69, 9.17) is 4.74 Å². The van der Waals surface area contributed by atoms with Crippen LogP contribution in [0.1, 0.15) is 32.1 Å². The van der Waals surface area contributed by atoms with Crippen LogP contribution in [0.3, 0.4) is 0 Å². The Morgan fingerprint density at radius 1 is 1.29 bits per heavy atom. The summed E-state index contributed by atoms with van der Waals surface area (Å²) in [7, 11) is -1.80. The zero-order valence-corrected chi connectivity index (χ0v) is 11.3. The number of rotatable bonds is 7. The number of ether oxygens (including phenoxy) is 1. The molecule has 5 nitrogen and oxygen atoms in total. The molecule has 1 aliphatic rings. The fourth-order valence-electron chi connectivity index (χ4n) is 2.22. The predicted octanol–water partition coefficient (Wildman–Crippen LogP) is 0.495. The molecular weight excluding hydrogens is 242 g/mol. The Morgan fingerprint density at radius 3 is 2.47 bits per heavy atom. The van der Waals surface area contributed by atoms with Gasteiger partial charge < -0.3 is 9.84 Å². The zero-order chi connectivity index (χ0) is 12.8. The Bertz CT molecular complexity index is 309. The molecule has 0 heterocycles. The molecule has 2 N–H and O–H groups in total. The van der Waals surface area contributed by atoms with E-state index in [-0.39, 0.29) is 24.4 Å². The van der Waals surface area contributed by atoms with Gasteiger partial charge in [0.1, 0.15) is 0 Å². The number of aliphatic hydroxyl groups is 1. The van der Waals surface area contributed by atoms with Crippen molar-refractivity contribution in [3.8, 4) is 0 Å². The van der Waals surface area contributed by atoms with Gasteiger partial charge in [-0.2, -0.15) is 0 Å². The van der Waals surface area contributed by atoms with Crippen LogP contribution in [0.15, 0.2) is 0 Å². The van der Waals surface area contributed by atoms with Crippen LogP contribution in [0, 0.1) is 5.41 Å². The third kappa shape index (κ3) is 4.91. The smallest absolute Gasteiger partial charge is 0.213 e. The van der Waals surface area contributed by atoms with Crippen molar-refractivity contribution in [1.29, 1.82) is 0 Å². The average molecular weight is 265 g/mol. The highest BCUT2D eigenvalue weighted by atomic mass is 32.2. The van der Waals surface area contributed by atoms with E-state index < -0.39 is 10.0 Å². The van der Waals surface area contributed by atoms with E-state index in [2.05, 4.69) is 4.72 Å². The van der Waals surface area contributed by atoms with Crippen LogP contribution in [-0.2, 0) is 14.8 Å². The number of sulfonamides is 1. The van der Waals surface area contributed by atoms with Gasteiger partial charge in [-0.05, 0) is 12.8 Å². The maximum atomic E-state index is 11.6. The van der Waals surface area contributed by atoms with Crippen LogP contribution >= 0.6 is 0 Å². The van der Waals surface area contributed by atoms with Crippen molar-refractivity contribution in [2.24, 2.45) is 5.41 Å². The third-order valence-corrected chi connectivity index (χ3v) is 4.76. The number of hydrogen-bond acceptors (Lipinski definition) is 4. The molecule has 0 aliphatic heterocycles. The second-order valence-electron chi connectivity index (χ2n) is 4.85. The summed E-state index contributed by atoms with van der Waals surface area (Å²) in [6.07, 6.45) is 5.12. The molecule has 102 valence electrons. The first kappa shape index (κ1) is 14.9. The SMILES string of the molecule is COCCS(=O)(=O)NCC1(CO)CCCCC1. The maximum Gasteiger partial charge on any atom is 0.213 e. The van der Waals surface area contributed by atoms with Gasteiger partial charge in [-0.15, -0.1) is 0 Å². The second-order valence-corrected chi connectivity index (χ2v) is 6.78. The third-order valence-electron chi connectivity index (χ3n) is 3.47. The molecular formula is C11H23NO4S. The van der Waals surface area contributed by atoms with E-state index in [9.17, 15) is 13.5 Å². The Morgan fingerprint density at radius 2 is 1.94 bits per heavy atom. The molecule has 0 atom stereocenters. The standard InChI is InChI=1S/C11H23NO4S/c1-16-7-8-17(14,15)12-9-11(10-13)5-3-2-4-6-11/h12-13H,2-10H2,1H3. The van der Waals surface area contributed by atoms with E-state index in [0.29, 0.717) is 6.54 Å². The van der Waals surface area contributed by atoms with E-state index >= 15 is 0 Å². The highest BCUT2D eigenvalue weighted by Gasteiger charge is 2.32. The van der Waals surface area contributed by atoms with Gasteiger partial charge in [-0.25, -0.2) is 13.1 Å². The van der Waals surface area contributed by atoms with Gasteiger partial charge in [0.25, 0.3) is 0 Å². The molecule has 6 heteroatoms. The highest BCUT2D eigenvalue weighted by molar-refractivity contribution is 7.89. The molecule has 0 amide bonds. The summed E-state index contributed by atoms with van der Waals surface area (Å²) in [6, 6.07) is 0. The molecule has 1 aliphatic carbocycles. The quantitative estimate of drug-likeness (QED) is 0.702. The lowest BCUT2D eigenvalue weighted by Gasteiger charge is -2.35. The summed E-state index contributed by atoms with van der Waals surface area (Å²) in [4.78, 5) is 0. The molecule has 0 spiro atoms. The normalized spacial score (nSPS) is 20.4. The molecule has 0 aromatic rings. The molecule has 0 bridgehead atoms. The number of methoxy groups -OCH3 is 1. The topological polar surface area (TPSA) is 75.6 Å². The van der Waals surface area contributed by atoms with Gasteiger partial charge in [0.2, 0.25) is 10.0 Å². The van der Waals surface area contributed by atoms with Crippen molar-refractivity contribution < 1.29 is 18.3 Å². The summed E-state index contributed by atoms with van der Waals surface area (Å²) in [5.74, 6) is -0.0228. The van der Waals surface area contributed by atoms with E-state index in [1.54, 1.807) is 0 Å². The molecule has 0 aromatic carbocycles.